The van der Waals surface area contributed by atoms with Gasteiger partial charge in [-0.25, -0.2) is 0 Å². The molecule has 4 nitrogen and oxygen atoms in total. The SMILES string of the molecule is CCc1ccccc1NC(=S)Nc1cc(OC)ccc1OC. The van der Waals surface area contributed by atoms with E-state index in [1.54, 1.807) is 14.2 Å². The number of ether oxygens (including phenoxy) is 2. The van der Waals surface area contributed by atoms with Gasteiger partial charge in [-0.05, 0) is 42.4 Å². The second kappa shape index (κ2) is 7.66. The van der Waals surface area contributed by atoms with Gasteiger partial charge in [-0.1, -0.05) is 25.1 Å². The number of nitrogens with one attached hydrogen (secondary N) is 2. The third kappa shape index (κ3) is 3.89. The standard InChI is InChI=1S/C17H20N2O2S/c1-4-12-7-5-6-8-14(12)18-17(22)19-15-11-13(20-2)9-10-16(15)21-3/h5-11H,4H2,1-3H3,(H2,18,19,22). The maximum Gasteiger partial charge on any atom is 0.175 e. The summed E-state index contributed by atoms with van der Waals surface area (Å²) >= 11 is 5.39. The molecule has 0 radical (unpaired) electrons. The zero-order valence-corrected chi connectivity index (χ0v) is 13.8. The van der Waals surface area contributed by atoms with E-state index in [1.165, 1.54) is 5.56 Å². The largest absolute Gasteiger partial charge is 0.497 e. The Balaban J connectivity index is 2.15. The highest BCUT2D eigenvalue weighted by Gasteiger charge is 2.08. The quantitative estimate of drug-likeness (QED) is 0.814. The lowest BCUT2D eigenvalue weighted by Crippen LogP contribution is -2.20. The zero-order valence-electron chi connectivity index (χ0n) is 13.0. The predicted molar refractivity (Wildman–Crippen MR) is 95.2 cm³/mol. The molecule has 0 unspecified atom stereocenters. The molecule has 0 amide bonds. The number of hydrogen-bond acceptors (Lipinski definition) is 3. The van der Waals surface area contributed by atoms with Crippen molar-refractivity contribution in [1.82, 2.24) is 0 Å². The van der Waals surface area contributed by atoms with Gasteiger partial charge in [0.1, 0.15) is 11.5 Å². The molecular weight excluding hydrogens is 296 g/mol. The molecule has 2 aromatic carbocycles. The maximum atomic E-state index is 5.39. The molecule has 0 saturated heterocycles. The molecule has 2 rings (SSSR count). The van der Waals surface area contributed by atoms with Crippen LogP contribution in [0.4, 0.5) is 11.4 Å². The summed E-state index contributed by atoms with van der Waals surface area (Å²) in [6.45, 7) is 2.11. The van der Waals surface area contributed by atoms with Crippen LogP contribution in [-0.4, -0.2) is 19.3 Å². The third-order valence-corrected chi connectivity index (χ3v) is 3.51. The predicted octanol–water partition coefficient (Wildman–Crippen LogP) is 4.08. The van der Waals surface area contributed by atoms with Crippen molar-refractivity contribution in [1.29, 1.82) is 0 Å². The fraction of sp³-hybridized carbons (Fsp3) is 0.235. The Bertz CT molecular complexity index is 659. The number of rotatable bonds is 5. The number of anilines is 2. The average Bonchev–Trinajstić information content (AvgIpc) is 2.55. The van der Waals surface area contributed by atoms with E-state index in [2.05, 4.69) is 23.6 Å². The minimum Gasteiger partial charge on any atom is -0.497 e. The van der Waals surface area contributed by atoms with E-state index >= 15 is 0 Å². The zero-order chi connectivity index (χ0) is 15.9. The fourth-order valence-corrected chi connectivity index (χ4v) is 2.36. The topological polar surface area (TPSA) is 42.5 Å². The summed E-state index contributed by atoms with van der Waals surface area (Å²) < 4.78 is 10.6. The molecule has 0 aliphatic heterocycles. The smallest absolute Gasteiger partial charge is 0.175 e. The van der Waals surface area contributed by atoms with Gasteiger partial charge in [0.15, 0.2) is 5.11 Å². The Morgan fingerprint density at radius 1 is 1.00 bits per heavy atom. The van der Waals surface area contributed by atoms with Gasteiger partial charge in [0.05, 0.1) is 19.9 Å². The van der Waals surface area contributed by atoms with Crippen molar-refractivity contribution in [2.75, 3.05) is 24.9 Å². The second-order valence-corrected chi connectivity index (χ2v) is 5.06. The van der Waals surface area contributed by atoms with E-state index in [0.29, 0.717) is 10.9 Å². The third-order valence-electron chi connectivity index (χ3n) is 3.30. The average molecular weight is 316 g/mol. The van der Waals surface area contributed by atoms with Crippen LogP contribution in [0.5, 0.6) is 11.5 Å². The molecule has 2 aromatic rings. The van der Waals surface area contributed by atoms with E-state index in [-0.39, 0.29) is 0 Å². The lowest BCUT2D eigenvalue weighted by atomic mass is 10.1. The lowest BCUT2D eigenvalue weighted by molar-refractivity contribution is 0.405. The van der Waals surface area contributed by atoms with Crippen molar-refractivity contribution in [3.8, 4) is 11.5 Å². The monoisotopic (exact) mass is 316 g/mol. The Labute approximate surface area is 136 Å². The highest BCUT2D eigenvalue weighted by Crippen LogP contribution is 2.29. The van der Waals surface area contributed by atoms with Gasteiger partial charge in [-0.2, -0.15) is 0 Å². The van der Waals surface area contributed by atoms with Gasteiger partial charge in [0.2, 0.25) is 0 Å². The molecule has 2 N–H and O–H groups in total. The maximum absolute atomic E-state index is 5.39. The van der Waals surface area contributed by atoms with Crippen LogP contribution in [0.2, 0.25) is 0 Å². The summed E-state index contributed by atoms with van der Waals surface area (Å²) in [5.74, 6) is 1.44. The Morgan fingerprint density at radius 2 is 1.73 bits per heavy atom. The summed E-state index contributed by atoms with van der Waals surface area (Å²) in [5.41, 5.74) is 2.97. The van der Waals surface area contributed by atoms with Crippen LogP contribution in [0, 0.1) is 0 Å². The lowest BCUT2D eigenvalue weighted by Gasteiger charge is -2.16. The molecule has 0 atom stereocenters. The van der Waals surface area contributed by atoms with Gasteiger partial charge >= 0.3 is 0 Å². The Kier molecular flexibility index (Phi) is 5.61. The van der Waals surface area contributed by atoms with Crippen LogP contribution >= 0.6 is 12.2 Å². The molecule has 0 aromatic heterocycles. The molecule has 5 heteroatoms. The molecule has 0 spiro atoms. The molecule has 0 fully saturated rings. The molecule has 0 aliphatic rings. The van der Waals surface area contributed by atoms with E-state index in [4.69, 9.17) is 21.7 Å². The fourth-order valence-electron chi connectivity index (χ4n) is 2.14. The van der Waals surface area contributed by atoms with E-state index < -0.39 is 0 Å². The number of hydrogen-bond donors (Lipinski definition) is 2. The number of benzene rings is 2. The number of para-hydroxylation sites is 1. The molecular formula is C17H20N2O2S. The van der Waals surface area contributed by atoms with E-state index in [0.717, 1.165) is 23.5 Å². The van der Waals surface area contributed by atoms with Crippen molar-refractivity contribution in [3.05, 3.63) is 48.0 Å². The van der Waals surface area contributed by atoms with Crippen molar-refractivity contribution < 1.29 is 9.47 Å². The minimum atomic E-state index is 0.507. The summed E-state index contributed by atoms with van der Waals surface area (Å²) in [5, 5.41) is 6.88. The summed E-state index contributed by atoms with van der Waals surface area (Å²) in [6.07, 6.45) is 0.939. The molecule has 0 heterocycles. The van der Waals surface area contributed by atoms with Crippen LogP contribution in [0.15, 0.2) is 42.5 Å². The van der Waals surface area contributed by atoms with Gasteiger partial charge in [0.25, 0.3) is 0 Å². The molecule has 0 bridgehead atoms. The van der Waals surface area contributed by atoms with E-state index in [9.17, 15) is 0 Å². The first-order valence-corrected chi connectivity index (χ1v) is 7.46. The number of thiocarbonyl (C=S) groups is 1. The normalized spacial score (nSPS) is 9.95. The van der Waals surface area contributed by atoms with Crippen molar-refractivity contribution >= 4 is 28.7 Å². The van der Waals surface area contributed by atoms with E-state index in [1.807, 2.05) is 36.4 Å². The summed E-state index contributed by atoms with van der Waals surface area (Å²) in [7, 11) is 3.25. The van der Waals surface area contributed by atoms with Gasteiger partial charge < -0.3 is 20.1 Å². The van der Waals surface area contributed by atoms with Crippen LogP contribution in [0.25, 0.3) is 0 Å². The van der Waals surface area contributed by atoms with Crippen molar-refractivity contribution in [3.63, 3.8) is 0 Å². The molecule has 0 aliphatic carbocycles. The Hall–Kier alpha value is -2.27. The van der Waals surface area contributed by atoms with Crippen LogP contribution < -0.4 is 20.1 Å². The number of methoxy groups -OCH3 is 2. The first-order chi connectivity index (χ1) is 10.7. The van der Waals surface area contributed by atoms with Crippen LogP contribution in [0.3, 0.4) is 0 Å². The molecule has 22 heavy (non-hydrogen) atoms. The minimum absolute atomic E-state index is 0.507. The molecule has 0 saturated carbocycles. The van der Waals surface area contributed by atoms with Crippen LogP contribution in [-0.2, 0) is 6.42 Å². The number of aryl methyl sites for hydroxylation is 1. The van der Waals surface area contributed by atoms with Gasteiger partial charge in [-0.15, -0.1) is 0 Å². The van der Waals surface area contributed by atoms with Gasteiger partial charge in [-0.3, -0.25) is 0 Å². The summed E-state index contributed by atoms with van der Waals surface area (Å²) in [6, 6.07) is 13.6. The van der Waals surface area contributed by atoms with Crippen molar-refractivity contribution in [2.24, 2.45) is 0 Å². The van der Waals surface area contributed by atoms with Crippen LogP contribution in [0.1, 0.15) is 12.5 Å². The second-order valence-electron chi connectivity index (χ2n) is 4.66. The highest BCUT2D eigenvalue weighted by atomic mass is 32.1. The van der Waals surface area contributed by atoms with Gasteiger partial charge in [0, 0.05) is 11.8 Å². The Morgan fingerprint density at radius 3 is 2.41 bits per heavy atom. The first-order valence-electron chi connectivity index (χ1n) is 7.05. The summed E-state index contributed by atoms with van der Waals surface area (Å²) in [4.78, 5) is 0. The van der Waals surface area contributed by atoms with Crippen molar-refractivity contribution in [2.45, 2.75) is 13.3 Å². The highest BCUT2D eigenvalue weighted by molar-refractivity contribution is 7.80. The first kappa shape index (κ1) is 16.1. The molecule has 116 valence electrons.